The molecule has 1 amide bonds. The number of carbonyl (C=O) groups excluding carboxylic acids is 1. The number of allylic oxidation sites excluding steroid dienone is 1. The Labute approximate surface area is 224 Å². The molecule has 0 aliphatic rings. The monoisotopic (exact) mass is 526 g/mol. The Morgan fingerprint density at radius 3 is 2.34 bits per heavy atom. The number of nitrogens with one attached hydrogen (secondary N) is 2. The van der Waals surface area contributed by atoms with E-state index in [9.17, 15) is 14.9 Å². The standard InChI is InChI=1S/C28H26N6O3S/c1-19-26(38-28(29-19)30-22-12-16-24(17-13-22)34(36)37)25(31-32-27(35)21-7-5-4-6-8-21)18-11-20-9-14-23(15-10-20)33(2)3/h4-18H,1-3H3,(H,29,30)(H,32,35)/b18-11-,31-25+. The normalized spacial score (nSPS) is 11.4. The van der Waals surface area contributed by atoms with Crippen LogP contribution in [-0.2, 0) is 0 Å². The highest BCUT2D eigenvalue weighted by Gasteiger charge is 2.14. The summed E-state index contributed by atoms with van der Waals surface area (Å²) in [6.07, 6.45) is 3.77. The van der Waals surface area contributed by atoms with Crippen molar-refractivity contribution in [3.8, 4) is 0 Å². The van der Waals surface area contributed by atoms with Crippen LogP contribution in [0.2, 0.25) is 0 Å². The van der Waals surface area contributed by atoms with Gasteiger partial charge in [0.25, 0.3) is 11.6 Å². The Kier molecular flexibility index (Phi) is 8.24. The molecule has 1 heterocycles. The lowest BCUT2D eigenvalue weighted by Crippen LogP contribution is -2.19. The summed E-state index contributed by atoms with van der Waals surface area (Å²) >= 11 is 1.37. The van der Waals surface area contributed by atoms with Crippen LogP contribution < -0.4 is 15.6 Å². The number of benzene rings is 3. The van der Waals surface area contributed by atoms with Gasteiger partial charge >= 0.3 is 0 Å². The van der Waals surface area contributed by atoms with Gasteiger partial charge < -0.3 is 10.2 Å². The van der Waals surface area contributed by atoms with Crippen LogP contribution in [0.5, 0.6) is 0 Å². The molecule has 0 radical (unpaired) electrons. The first-order valence-corrected chi connectivity index (χ1v) is 12.5. The summed E-state index contributed by atoms with van der Waals surface area (Å²) in [6, 6.07) is 23.0. The fourth-order valence-electron chi connectivity index (χ4n) is 3.47. The summed E-state index contributed by atoms with van der Waals surface area (Å²) < 4.78 is 0. The van der Waals surface area contributed by atoms with Gasteiger partial charge in [0.1, 0.15) is 5.71 Å². The summed E-state index contributed by atoms with van der Waals surface area (Å²) in [6.45, 7) is 1.86. The van der Waals surface area contributed by atoms with Crippen molar-refractivity contribution < 1.29 is 9.72 Å². The molecular formula is C28H26N6O3S. The van der Waals surface area contributed by atoms with E-state index in [1.54, 1.807) is 36.4 Å². The number of rotatable bonds is 9. The van der Waals surface area contributed by atoms with Crippen molar-refractivity contribution in [1.29, 1.82) is 0 Å². The third-order valence-electron chi connectivity index (χ3n) is 5.52. The van der Waals surface area contributed by atoms with Crippen molar-refractivity contribution in [2.24, 2.45) is 5.10 Å². The van der Waals surface area contributed by atoms with Gasteiger partial charge in [-0.2, -0.15) is 5.10 Å². The zero-order valence-electron chi connectivity index (χ0n) is 21.1. The highest BCUT2D eigenvalue weighted by molar-refractivity contribution is 7.17. The number of amides is 1. The predicted molar refractivity (Wildman–Crippen MR) is 153 cm³/mol. The van der Waals surface area contributed by atoms with Gasteiger partial charge in [-0.05, 0) is 55.0 Å². The van der Waals surface area contributed by atoms with E-state index in [-0.39, 0.29) is 11.6 Å². The van der Waals surface area contributed by atoms with Gasteiger partial charge in [0.05, 0.1) is 15.5 Å². The number of non-ortho nitro benzene ring substituents is 1. The number of anilines is 3. The molecule has 2 N–H and O–H groups in total. The van der Waals surface area contributed by atoms with Crippen LogP contribution in [0.1, 0.15) is 26.5 Å². The van der Waals surface area contributed by atoms with E-state index in [1.165, 1.54) is 23.5 Å². The molecule has 0 spiro atoms. The summed E-state index contributed by atoms with van der Waals surface area (Å²) in [5, 5.41) is 19.1. The molecule has 0 saturated heterocycles. The highest BCUT2D eigenvalue weighted by Crippen LogP contribution is 2.28. The Hall–Kier alpha value is -4.83. The van der Waals surface area contributed by atoms with Crippen molar-refractivity contribution in [3.63, 3.8) is 0 Å². The molecule has 0 aliphatic heterocycles. The van der Waals surface area contributed by atoms with Crippen LogP contribution in [0.3, 0.4) is 0 Å². The fraction of sp³-hybridized carbons (Fsp3) is 0.107. The number of hydrogen-bond donors (Lipinski definition) is 2. The second kappa shape index (κ2) is 11.9. The molecule has 192 valence electrons. The zero-order chi connectivity index (χ0) is 27.1. The van der Waals surface area contributed by atoms with E-state index in [2.05, 4.69) is 20.8 Å². The van der Waals surface area contributed by atoms with Crippen LogP contribution in [0.25, 0.3) is 6.08 Å². The molecule has 0 bridgehead atoms. The smallest absolute Gasteiger partial charge is 0.271 e. The van der Waals surface area contributed by atoms with E-state index in [0.717, 1.165) is 21.8 Å². The van der Waals surface area contributed by atoms with Crippen LogP contribution in [0.4, 0.5) is 22.2 Å². The number of thiazole rings is 1. The number of carbonyl (C=O) groups is 1. The minimum Gasteiger partial charge on any atom is -0.378 e. The largest absolute Gasteiger partial charge is 0.378 e. The highest BCUT2D eigenvalue weighted by atomic mass is 32.1. The second-order valence-electron chi connectivity index (χ2n) is 8.49. The SMILES string of the molecule is Cc1nc(Nc2ccc([N+](=O)[O-])cc2)sc1C(/C=C\c1ccc(N(C)C)cc1)=N/NC(=O)c1ccccc1. The van der Waals surface area contributed by atoms with Gasteiger partial charge in [-0.25, -0.2) is 10.4 Å². The second-order valence-corrected chi connectivity index (χ2v) is 9.48. The molecule has 10 heteroatoms. The van der Waals surface area contributed by atoms with Gasteiger partial charge in [-0.1, -0.05) is 47.7 Å². The molecule has 0 atom stereocenters. The zero-order valence-corrected chi connectivity index (χ0v) is 21.9. The van der Waals surface area contributed by atoms with Crippen molar-refractivity contribution in [2.45, 2.75) is 6.92 Å². The molecule has 4 rings (SSSR count). The average Bonchev–Trinajstić information content (AvgIpc) is 3.29. The van der Waals surface area contributed by atoms with Gasteiger partial charge in [0.2, 0.25) is 0 Å². The van der Waals surface area contributed by atoms with Crippen molar-refractivity contribution in [3.05, 3.63) is 117 Å². The molecular weight excluding hydrogens is 500 g/mol. The number of nitro groups is 1. The maximum atomic E-state index is 12.6. The lowest BCUT2D eigenvalue weighted by molar-refractivity contribution is -0.384. The van der Waals surface area contributed by atoms with Crippen LogP contribution >= 0.6 is 11.3 Å². The van der Waals surface area contributed by atoms with E-state index >= 15 is 0 Å². The molecule has 0 aliphatic carbocycles. The fourth-order valence-corrected chi connectivity index (χ4v) is 4.42. The van der Waals surface area contributed by atoms with Gasteiger partial charge in [0.15, 0.2) is 5.13 Å². The summed E-state index contributed by atoms with van der Waals surface area (Å²) in [5.74, 6) is -0.321. The molecule has 0 fully saturated rings. The predicted octanol–water partition coefficient (Wildman–Crippen LogP) is 6.02. The third kappa shape index (κ3) is 6.68. The van der Waals surface area contributed by atoms with Crippen molar-refractivity contribution >= 4 is 51.2 Å². The molecule has 3 aromatic carbocycles. The van der Waals surface area contributed by atoms with Crippen LogP contribution in [-0.4, -0.2) is 35.6 Å². The van der Waals surface area contributed by atoms with Crippen LogP contribution in [0, 0.1) is 17.0 Å². The van der Waals surface area contributed by atoms with Crippen molar-refractivity contribution in [2.75, 3.05) is 24.3 Å². The van der Waals surface area contributed by atoms with Gasteiger partial charge in [-0.15, -0.1) is 0 Å². The average molecular weight is 527 g/mol. The maximum Gasteiger partial charge on any atom is 0.271 e. The van der Waals surface area contributed by atoms with E-state index in [0.29, 0.717) is 22.1 Å². The van der Waals surface area contributed by atoms with E-state index in [1.807, 2.05) is 68.4 Å². The number of nitro benzene ring substituents is 1. The molecule has 9 nitrogen and oxygen atoms in total. The van der Waals surface area contributed by atoms with Gasteiger partial charge in [0, 0.05) is 43.2 Å². The Bertz CT molecular complexity index is 1480. The molecule has 1 aromatic heterocycles. The topological polar surface area (TPSA) is 113 Å². The van der Waals surface area contributed by atoms with E-state index in [4.69, 9.17) is 0 Å². The quantitative estimate of drug-likeness (QED) is 0.157. The molecule has 38 heavy (non-hydrogen) atoms. The van der Waals surface area contributed by atoms with Crippen molar-refractivity contribution in [1.82, 2.24) is 10.4 Å². The lowest BCUT2D eigenvalue weighted by atomic mass is 10.1. The Morgan fingerprint density at radius 1 is 1.03 bits per heavy atom. The maximum absolute atomic E-state index is 12.6. The first-order chi connectivity index (χ1) is 18.3. The number of hydrazone groups is 1. The van der Waals surface area contributed by atoms with E-state index < -0.39 is 4.92 Å². The molecule has 4 aromatic rings. The Balaban J connectivity index is 1.61. The molecule has 0 unspecified atom stereocenters. The Morgan fingerprint density at radius 2 is 1.71 bits per heavy atom. The third-order valence-corrected chi connectivity index (χ3v) is 6.61. The summed E-state index contributed by atoms with van der Waals surface area (Å²) in [5.41, 5.74) is 7.16. The summed E-state index contributed by atoms with van der Waals surface area (Å²) in [7, 11) is 3.97. The number of hydrogen-bond acceptors (Lipinski definition) is 8. The minimum absolute atomic E-state index is 0.0129. The first-order valence-electron chi connectivity index (χ1n) is 11.7. The summed E-state index contributed by atoms with van der Waals surface area (Å²) in [4.78, 5) is 30.5. The first kappa shape index (κ1) is 26.2. The lowest BCUT2D eigenvalue weighted by Gasteiger charge is -2.11. The number of aryl methyl sites for hydroxylation is 1. The number of aromatic nitrogens is 1. The molecule has 0 saturated carbocycles. The van der Waals surface area contributed by atoms with Crippen LogP contribution in [0.15, 0.2) is 90.0 Å². The van der Waals surface area contributed by atoms with Gasteiger partial charge in [-0.3, -0.25) is 14.9 Å². The number of nitrogens with zero attached hydrogens (tertiary/aromatic N) is 4. The minimum atomic E-state index is -0.442.